The van der Waals surface area contributed by atoms with Crippen LogP contribution in [0.1, 0.15) is 29.9 Å². The number of benzene rings is 2. The zero-order chi connectivity index (χ0) is 25.0. The molecule has 35 heavy (non-hydrogen) atoms. The van der Waals surface area contributed by atoms with Crippen LogP contribution in [-0.4, -0.2) is 44.0 Å². The molecule has 1 aliphatic rings. The second kappa shape index (κ2) is 10.4. The lowest BCUT2D eigenvalue weighted by molar-refractivity contribution is -0.120. The lowest BCUT2D eigenvalue weighted by atomic mass is 9.99. The molecule has 0 bridgehead atoms. The Morgan fingerprint density at radius 2 is 1.94 bits per heavy atom. The quantitative estimate of drug-likeness (QED) is 0.519. The van der Waals surface area contributed by atoms with Gasteiger partial charge in [0.05, 0.1) is 13.0 Å². The van der Waals surface area contributed by atoms with E-state index < -0.39 is 21.8 Å². The molecule has 1 fully saturated rings. The largest absolute Gasteiger partial charge is 0.497 e. The molecule has 0 aliphatic carbocycles. The Morgan fingerprint density at radius 3 is 2.66 bits per heavy atom. The number of carbonyl (C=O) groups excluding carboxylic acids is 1. The summed E-state index contributed by atoms with van der Waals surface area (Å²) in [5.74, 6) is -0.529. The predicted molar refractivity (Wildman–Crippen MR) is 130 cm³/mol. The fourth-order valence-corrected chi connectivity index (χ4v) is 5.77. The highest BCUT2D eigenvalue weighted by molar-refractivity contribution is 7.89. The van der Waals surface area contributed by atoms with E-state index in [1.165, 1.54) is 29.4 Å². The van der Waals surface area contributed by atoms with Gasteiger partial charge in [-0.3, -0.25) is 4.79 Å². The minimum absolute atomic E-state index is 0.00978. The van der Waals surface area contributed by atoms with Gasteiger partial charge in [-0.25, -0.2) is 12.8 Å². The molecule has 2 heterocycles. The van der Waals surface area contributed by atoms with Crippen LogP contribution in [0.5, 0.6) is 5.75 Å². The number of nitrogens with zero attached hydrogens (tertiary/aromatic N) is 2. The van der Waals surface area contributed by atoms with E-state index in [9.17, 15) is 17.6 Å². The topological polar surface area (TPSA) is 102 Å². The summed E-state index contributed by atoms with van der Waals surface area (Å²) in [4.78, 5) is 12.8. The van der Waals surface area contributed by atoms with Crippen molar-refractivity contribution in [3.8, 4) is 5.75 Å². The van der Waals surface area contributed by atoms with Gasteiger partial charge in [0.25, 0.3) is 0 Å². The van der Waals surface area contributed by atoms with Gasteiger partial charge < -0.3 is 14.6 Å². The van der Waals surface area contributed by atoms with Crippen LogP contribution in [0.2, 0.25) is 0 Å². The van der Waals surface area contributed by atoms with Crippen LogP contribution >= 0.6 is 0 Å². The molecule has 1 aliphatic heterocycles. The minimum atomic E-state index is -4.01. The number of hydrogen-bond donors (Lipinski definition) is 1. The standard InChI is InChI=1S/C25H26FN3O5S/c1-17-24(23(34-28-17)14-9-18-6-3-4-8-22(18)26)35(31,32)29-15-5-7-19(16-29)25(30)27-20-10-12-21(33-2)13-11-20/h3-4,6,8-14,19H,5,7,15-16H2,1-2H3,(H,27,30)/b14-9+. The minimum Gasteiger partial charge on any atom is -0.497 e. The maximum absolute atomic E-state index is 14.0. The van der Waals surface area contributed by atoms with E-state index in [0.717, 1.165) is 0 Å². The zero-order valence-electron chi connectivity index (χ0n) is 19.4. The van der Waals surface area contributed by atoms with Crippen molar-refractivity contribution in [3.05, 3.63) is 71.4 Å². The van der Waals surface area contributed by atoms with Gasteiger partial charge in [0.2, 0.25) is 15.9 Å². The molecular formula is C25H26FN3O5S. The highest BCUT2D eigenvalue weighted by Gasteiger charge is 2.37. The maximum Gasteiger partial charge on any atom is 0.248 e. The number of amides is 1. The molecular weight excluding hydrogens is 473 g/mol. The monoisotopic (exact) mass is 499 g/mol. The van der Waals surface area contributed by atoms with Crippen molar-refractivity contribution in [2.24, 2.45) is 5.92 Å². The average molecular weight is 500 g/mol. The molecule has 2 aromatic carbocycles. The third-order valence-electron chi connectivity index (χ3n) is 5.86. The molecule has 0 spiro atoms. The van der Waals surface area contributed by atoms with Crippen LogP contribution in [0.15, 0.2) is 57.9 Å². The number of hydrogen-bond acceptors (Lipinski definition) is 6. The van der Waals surface area contributed by atoms with E-state index in [1.807, 2.05) is 0 Å². The lowest BCUT2D eigenvalue weighted by Crippen LogP contribution is -2.43. The van der Waals surface area contributed by atoms with Gasteiger partial charge in [0.15, 0.2) is 10.7 Å². The van der Waals surface area contributed by atoms with Crippen LogP contribution < -0.4 is 10.1 Å². The number of halogens is 1. The van der Waals surface area contributed by atoms with E-state index in [1.54, 1.807) is 49.6 Å². The van der Waals surface area contributed by atoms with Gasteiger partial charge in [0, 0.05) is 24.3 Å². The van der Waals surface area contributed by atoms with Crippen molar-refractivity contribution in [1.29, 1.82) is 0 Å². The zero-order valence-corrected chi connectivity index (χ0v) is 20.2. The summed E-state index contributed by atoms with van der Waals surface area (Å²) in [6.45, 7) is 1.84. The summed E-state index contributed by atoms with van der Waals surface area (Å²) >= 11 is 0. The SMILES string of the molecule is COc1ccc(NC(=O)C2CCCN(S(=O)(=O)c3c(C)noc3/C=C/c3ccccc3F)C2)cc1. The van der Waals surface area contributed by atoms with Crippen LogP contribution in [0, 0.1) is 18.7 Å². The summed E-state index contributed by atoms with van der Waals surface area (Å²) in [6.07, 6.45) is 3.93. The van der Waals surface area contributed by atoms with E-state index in [-0.39, 0.29) is 40.9 Å². The molecule has 1 aromatic heterocycles. The van der Waals surface area contributed by atoms with Gasteiger partial charge in [-0.1, -0.05) is 23.4 Å². The van der Waals surface area contributed by atoms with Gasteiger partial charge >= 0.3 is 0 Å². The van der Waals surface area contributed by atoms with E-state index in [2.05, 4.69) is 10.5 Å². The van der Waals surface area contributed by atoms with Gasteiger partial charge in [-0.15, -0.1) is 0 Å². The van der Waals surface area contributed by atoms with E-state index in [0.29, 0.717) is 24.3 Å². The number of rotatable bonds is 7. The van der Waals surface area contributed by atoms with Crippen LogP contribution in [-0.2, 0) is 14.8 Å². The summed E-state index contributed by atoms with van der Waals surface area (Å²) in [6, 6.07) is 13.0. The molecule has 1 atom stereocenters. The predicted octanol–water partition coefficient (Wildman–Crippen LogP) is 4.34. The molecule has 8 nitrogen and oxygen atoms in total. The molecule has 3 aromatic rings. The molecule has 1 amide bonds. The fourth-order valence-electron chi connectivity index (χ4n) is 4.00. The molecule has 0 saturated carbocycles. The molecule has 1 unspecified atom stereocenters. The number of anilines is 1. The Kier molecular flexibility index (Phi) is 7.32. The first-order chi connectivity index (χ1) is 16.8. The Bertz CT molecular complexity index is 1340. The van der Waals surface area contributed by atoms with Gasteiger partial charge in [0.1, 0.15) is 17.3 Å². The van der Waals surface area contributed by atoms with E-state index in [4.69, 9.17) is 9.26 Å². The van der Waals surface area contributed by atoms with Gasteiger partial charge in [-0.2, -0.15) is 4.31 Å². The first-order valence-corrected chi connectivity index (χ1v) is 12.6. The first kappa shape index (κ1) is 24.6. The van der Waals surface area contributed by atoms with Crippen LogP contribution in [0.4, 0.5) is 10.1 Å². The first-order valence-electron chi connectivity index (χ1n) is 11.1. The highest BCUT2D eigenvalue weighted by atomic mass is 32.2. The summed E-state index contributed by atoms with van der Waals surface area (Å²) in [5, 5.41) is 6.66. The maximum atomic E-state index is 14.0. The van der Waals surface area contributed by atoms with Crippen molar-refractivity contribution in [2.45, 2.75) is 24.7 Å². The van der Waals surface area contributed by atoms with Crippen molar-refractivity contribution in [3.63, 3.8) is 0 Å². The Labute approximate surface area is 203 Å². The number of methoxy groups -OCH3 is 1. The number of piperidine rings is 1. The molecule has 4 rings (SSSR count). The number of ether oxygens (including phenoxy) is 1. The number of carbonyl (C=O) groups is 1. The number of sulfonamides is 1. The second-order valence-electron chi connectivity index (χ2n) is 8.24. The van der Waals surface area contributed by atoms with Crippen molar-refractivity contribution >= 4 is 33.8 Å². The molecule has 184 valence electrons. The highest BCUT2D eigenvalue weighted by Crippen LogP contribution is 2.30. The summed E-state index contributed by atoms with van der Waals surface area (Å²) < 4.78 is 52.7. The fraction of sp³-hybridized carbons (Fsp3) is 0.280. The second-order valence-corrected chi connectivity index (χ2v) is 10.1. The average Bonchev–Trinajstić information content (AvgIpc) is 3.25. The Hall–Kier alpha value is -3.50. The van der Waals surface area contributed by atoms with Gasteiger partial charge in [-0.05, 0) is 62.2 Å². The number of aryl methyl sites for hydroxylation is 1. The molecule has 1 saturated heterocycles. The van der Waals surface area contributed by atoms with Crippen molar-refractivity contribution in [1.82, 2.24) is 9.46 Å². The molecule has 1 N–H and O–H groups in total. The third kappa shape index (κ3) is 5.44. The lowest BCUT2D eigenvalue weighted by Gasteiger charge is -2.31. The Balaban J connectivity index is 1.52. The van der Waals surface area contributed by atoms with Crippen molar-refractivity contribution < 1.29 is 26.9 Å². The van der Waals surface area contributed by atoms with Crippen LogP contribution in [0.3, 0.4) is 0 Å². The van der Waals surface area contributed by atoms with E-state index >= 15 is 0 Å². The number of nitrogens with one attached hydrogen (secondary N) is 1. The van der Waals surface area contributed by atoms with Crippen molar-refractivity contribution in [2.75, 3.05) is 25.5 Å². The Morgan fingerprint density at radius 1 is 1.20 bits per heavy atom. The number of aromatic nitrogens is 1. The smallest absolute Gasteiger partial charge is 0.248 e. The summed E-state index contributed by atoms with van der Waals surface area (Å²) in [5.41, 5.74) is 1.09. The third-order valence-corrected chi connectivity index (χ3v) is 7.89. The molecule has 10 heteroatoms. The summed E-state index contributed by atoms with van der Waals surface area (Å²) in [7, 11) is -2.45. The van der Waals surface area contributed by atoms with Crippen LogP contribution in [0.25, 0.3) is 12.2 Å². The normalized spacial score (nSPS) is 16.9. The molecule has 0 radical (unpaired) electrons.